The minimum atomic E-state index is 0.0278. The fourth-order valence-electron chi connectivity index (χ4n) is 0.231. The number of aliphatic hydroxyl groups excluding tert-OH is 2. The van der Waals surface area contributed by atoms with Crippen molar-refractivity contribution in [3.63, 3.8) is 0 Å². The summed E-state index contributed by atoms with van der Waals surface area (Å²) in [6.07, 6.45) is 0.640. The molecule has 5 heteroatoms. The molecule has 0 saturated heterocycles. The van der Waals surface area contributed by atoms with E-state index in [0.717, 1.165) is 0 Å². The van der Waals surface area contributed by atoms with Crippen LogP contribution in [0.3, 0.4) is 0 Å². The predicted molar refractivity (Wildman–Crippen MR) is 41.8 cm³/mol. The first-order valence-corrected chi connectivity index (χ1v) is 3.66. The summed E-state index contributed by atoms with van der Waals surface area (Å²) in [5, 5.41) is 16.2. The lowest BCUT2D eigenvalue weighted by Crippen LogP contribution is -2.03. The minimum Gasteiger partial charge on any atom is -0.394 e. The topological polar surface area (TPSA) is 66.8 Å². The quantitative estimate of drug-likeness (QED) is 0.341. The van der Waals surface area contributed by atoms with Crippen molar-refractivity contribution in [2.75, 3.05) is 32.3 Å². The van der Waals surface area contributed by atoms with Crippen molar-refractivity contribution in [1.82, 2.24) is 0 Å². The summed E-state index contributed by atoms with van der Waals surface area (Å²) >= 11 is 4.82. The molecule has 0 radical (unpaired) electrons. The second kappa shape index (κ2) is 16.4. The Hall–Kier alpha value is -0.160. The van der Waals surface area contributed by atoms with E-state index in [1.807, 2.05) is 0 Å². The van der Waals surface area contributed by atoms with Gasteiger partial charge in [0, 0.05) is 0 Å². The van der Waals surface area contributed by atoms with E-state index in [1.165, 1.54) is 0 Å². The molecule has 0 amide bonds. The number of ether oxygens (including phenoxy) is 1. The fraction of sp³-hybridized carbons (Fsp3) is 0.833. The van der Waals surface area contributed by atoms with Crippen LogP contribution in [0.15, 0.2) is 0 Å². The fourth-order valence-corrected chi connectivity index (χ4v) is 0.231. The Morgan fingerprint density at radius 3 is 1.82 bits per heavy atom. The molecule has 4 nitrogen and oxygen atoms in total. The Balaban J connectivity index is 0. The van der Waals surface area contributed by atoms with Gasteiger partial charge in [0.05, 0.1) is 32.3 Å². The normalized spacial score (nSPS) is 8.27. The van der Waals surface area contributed by atoms with Crippen molar-refractivity contribution in [2.45, 2.75) is 0 Å². The molecule has 0 unspecified atom stereocenters. The van der Waals surface area contributed by atoms with Gasteiger partial charge in [-0.1, -0.05) is 0 Å². The summed E-state index contributed by atoms with van der Waals surface area (Å²) in [4.78, 5) is 9.04. The monoisotopic (exact) mass is 184 g/mol. The van der Waals surface area contributed by atoms with E-state index in [9.17, 15) is 0 Å². The lowest BCUT2D eigenvalue weighted by Gasteiger charge is -1.94. The highest BCUT2D eigenvalue weighted by Gasteiger charge is 1.79. The Kier molecular flexibility index (Phi) is 20.1. The van der Waals surface area contributed by atoms with Crippen molar-refractivity contribution in [3.8, 4) is 0 Å². The van der Waals surface area contributed by atoms with E-state index in [1.54, 1.807) is 0 Å². The summed E-state index contributed by atoms with van der Waals surface area (Å²) in [5.41, 5.74) is 0. The maximum atomic E-state index is 9.04. The Bertz CT molecular complexity index is 65.6. The molecule has 0 atom stereocenters. The summed E-state index contributed by atoms with van der Waals surface area (Å²) in [5.74, 6) is 0.111. The summed E-state index contributed by atoms with van der Waals surface area (Å²) in [7, 11) is 0. The van der Waals surface area contributed by atoms with Gasteiger partial charge in [-0.15, -0.1) is 11.6 Å². The number of halogens is 1. The number of carbonyl (C=O) groups is 1. The Labute approximate surface area is 70.7 Å². The molecule has 68 valence electrons. The number of rotatable bonds is 5. The second-order valence-electron chi connectivity index (χ2n) is 1.38. The number of hydrogen-bond donors (Lipinski definition) is 2. The number of aldehydes is 1. The van der Waals surface area contributed by atoms with Gasteiger partial charge in [0.25, 0.3) is 0 Å². The molecule has 0 fully saturated rings. The van der Waals surface area contributed by atoms with Crippen molar-refractivity contribution in [1.29, 1.82) is 0 Å². The number of hydrogen-bond acceptors (Lipinski definition) is 4. The molecular weight excluding hydrogens is 172 g/mol. The highest BCUT2D eigenvalue weighted by Crippen LogP contribution is 1.68. The molecule has 0 rings (SSSR count). The standard InChI is InChI=1S/C4H10O3.C2H3ClO/c5-1-3-7-4-2-6;3-1-2-4/h5-6H,1-4H2;2H,1H2. The van der Waals surface area contributed by atoms with Crippen molar-refractivity contribution >= 4 is 17.9 Å². The average molecular weight is 185 g/mol. The molecule has 0 bridgehead atoms. The van der Waals surface area contributed by atoms with E-state index in [-0.39, 0.29) is 19.1 Å². The zero-order chi connectivity index (χ0) is 8.95. The van der Waals surface area contributed by atoms with Crippen LogP contribution in [0.2, 0.25) is 0 Å². The van der Waals surface area contributed by atoms with Crippen LogP contribution in [0.25, 0.3) is 0 Å². The lowest BCUT2D eigenvalue weighted by molar-refractivity contribution is -0.105. The molecule has 0 aromatic rings. The van der Waals surface area contributed by atoms with Gasteiger partial charge in [0.1, 0.15) is 6.29 Å². The van der Waals surface area contributed by atoms with Crippen LogP contribution in [0.1, 0.15) is 0 Å². The third-order valence-electron chi connectivity index (χ3n) is 0.534. The van der Waals surface area contributed by atoms with E-state index in [4.69, 9.17) is 26.6 Å². The largest absolute Gasteiger partial charge is 0.394 e. The lowest BCUT2D eigenvalue weighted by atomic mass is 10.7. The van der Waals surface area contributed by atoms with Gasteiger partial charge in [-0.2, -0.15) is 0 Å². The first-order chi connectivity index (χ1) is 5.33. The van der Waals surface area contributed by atoms with Crippen LogP contribution in [0.4, 0.5) is 0 Å². The molecule has 0 aromatic heterocycles. The molecule has 11 heavy (non-hydrogen) atoms. The maximum absolute atomic E-state index is 9.04. The third-order valence-corrected chi connectivity index (χ3v) is 0.660. The number of alkyl halides is 1. The highest BCUT2D eigenvalue weighted by atomic mass is 35.5. The predicted octanol–water partition coefficient (Wildman–Crippen LogP) is -0.588. The molecular formula is C6H13ClO4. The molecule has 0 aliphatic rings. The molecule has 0 saturated carbocycles. The molecule has 2 N–H and O–H groups in total. The van der Waals surface area contributed by atoms with Crippen molar-refractivity contribution in [3.05, 3.63) is 0 Å². The SMILES string of the molecule is O=CCCl.OCCOCCO. The summed E-state index contributed by atoms with van der Waals surface area (Å²) in [6, 6.07) is 0. The highest BCUT2D eigenvalue weighted by molar-refractivity contribution is 6.24. The minimum absolute atomic E-state index is 0.0278. The van der Waals surface area contributed by atoms with Gasteiger partial charge in [0.2, 0.25) is 0 Å². The molecule has 0 aliphatic heterocycles. The van der Waals surface area contributed by atoms with Crippen LogP contribution in [0, 0.1) is 0 Å². The van der Waals surface area contributed by atoms with E-state index in [0.29, 0.717) is 19.5 Å². The first kappa shape index (κ1) is 13.4. The van der Waals surface area contributed by atoms with Crippen molar-refractivity contribution in [2.24, 2.45) is 0 Å². The van der Waals surface area contributed by atoms with Gasteiger partial charge in [0.15, 0.2) is 0 Å². The van der Waals surface area contributed by atoms with Gasteiger partial charge in [-0.05, 0) is 0 Å². The van der Waals surface area contributed by atoms with Crippen molar-refractivity contribution < 1.29 is 19.7 Å². The molecule has 0 heterocycles. The van der Waals surface area contributed by atoms with Gasteiger partial charge in [-0.3, -0.25) is 0 Å². The van der Waals surface area contributed by atoms with E-state index < -0.39 is 0 Å². The van der Waals surface area contributed by atoms with E-state index in [2.05, 4.69) is 4.74 Å². The van der Waals surface area contributed by atoms with E-state index >= 15 is 0 Å². The van der Waals surface area contributed by atoms with Gasteiger partial charge in [-0.25, -0.2) is 0 Å². The van der Waals surface area contributed by atoms with Crippen LogP contribution in [-0.4, -0.2) is 48.8 Å². The molecule has 0 aliphatic carbocycles. The summed E-state index contributed by atoms with van der Waals surface area (Å²) in [6.45, 7) is 0.696. The van der Waals surface area contributed by atoms with Crippen LogP contribution in [-0.2, 0) is 9.53 Å². The third kappa shape index (κ3) is 25.8. The average Bonchev–Trinajstić information content (AvgIpc) is 2.06. The number of carbonyl (C=O) groups excluding carboxylic acids is 1. The van der Waals surface area contributed by atoms with Crippen LogP contribution < -0.4 is 0 Å². The smallest absolute Gasteiger partial charge is 0.134 e. The summed E-state index contributed by atoms with van der Waals surface area (Å²) < 4.78 is 4.63. The zero-order valence-electron chi connectivity index (χ0n) is 6.20. The Morgan fingerprint density at radius 2 is 1.64 bits per heavy atom. The molecule has 0 spiro atoms. The maximum Gasteiger partial charge on any atom is 0.134 e. The Morgan fingerprint density at radius 1 is 1.27 bits per heavy atom. The second-order valence-corrected chi connectivity index (χ2v) is 1.69. The molecule has 0 aromatic carbocycles. The van der Waals surface area contributed by atoms with Gasteiger partial charge < -0.3 is 19.7 Å². The zero-order valence-corrected chi connectivity index (χ0v) is 6.96. The first-order valence-electron chi connectivity index (χ1n) is 3.12. The van der Waals surface area contributed by atoms with Crippen LogP contribution >= 0.6 is 11.6 Å². The van der Waals surface area contributed by atoms with Gasteiger partial charge >= 0.3 is 0 Å². The number of aliphatic hydroxyl groups is 2. The van der Waals surface area contributed by atoms with Crippen LogP contribution in [0.5, 0.6) is 0 Å².